The van der Waals surface area contributed by atoms with E-state index in [2.05, 4.69) is 20.9 Å². The first kappa shape index (κ1) is 9.19. The van der Waals surface area contributed by atoms with Crippen molar-refractivity contribution in [3.05, 3.63) is 28.6 Å². The Morgan fingerprint density at radius 1 is 1.67 bits per heavy atom. The molecule has 0 aliphatic heterocycles. The minimum Gasteiger partial charge on any atom is -0.481 e. The van der Waals surface area contributed by atoms with Crippen LogP contribution in [0.15, 0.2) is 16.6 Å². The van der Waals surface area contributed by atoms with E-state index in [0.717, 1.165) is 6.08 Å². The number of nitrogens with zero attached hydrogens (tertiary/aromatic N) is 1. The fraction of sp³-hybridized carbons (Fsp3) is 0.125. The van der Waals surface area contributed by atoms with E-state index in [0.29, 0.717) is 16.0 Å². The predicted molar refractivity (Wildman–Crippen MR) is 47.3 cm³/mol. The van der Waals surface area contributed by atoms with E-state index in [1.165, 1.54) is 13.4 Å². The lowest BCUT2D eigenvalue weighted by atomic mass is 10.3. The van der Waals surface area contributed by atoms with Crippen molar-refractivity contribution in [2.75, 3.05) is 7.11 Å². The maximum Gasteiger partial charge on any atom is 0.213 e. The van der Waals surface area contributed by atoms with E-state index in [-0.39, 0.29) is 0 Å². The van der Waals surface area contributed by atoms with Gasteiger partial charge in [0.05, 0.1) is 12.8 Å². The van der Waals surface area contributed by atoms with Crippen LogP contribution in [0.25, 0.3) is 6.08 Å². The van der Waals surface area contributed by atoms with Crippen molar-refractivity contribution < 1.29 is 9.13 Å². The van der Waals surface area contributed by atoms with Crippen LogP contribution in [0.3, 0.4) is 0 Å². The van der Waals surface area contributed by atoms with Crippen molar-refractivity contribution in [1.29, 1.82) is 0 Å². The van der Waals surface area contributed by atoms with Crippen molar-refractivity contribution in [2.45, 2.75) is 0 Å². The van der Waals surface area contributed by atoms with Crippen LogP contribution in [0.5, 0.6) is 5.88 Å². The van der Waals surface area contributed by atoms with Crippen molar-refractivity contribution in [3.8, 4) is 5.88 Å². The molecule has 1 aromatic rings. The Bertz CT molecular complexity index is 301. The van der Waals surface area contributed by atoms with Crippen LogP contribution in [-0.4, -0.2) is 12.1 Å². The van der Waals surface area contributed by atoms with Crippen molar-refractivity contribution in [1.82, 2.24) is 4.98 Å². The second-order valence-corrected chi connectivity index (χ2v) is 2.83. The number of ether oxygens (including phenoxy) is 1. The molecular formula is C8H6BrFNO. The van der Waals surface area contributed by atoms with Crippen molar-refractivity contribution in [3.63, 3.8) is 0 Å². The summed E-state index contributed by atoms with van der Waals surface area (Å²) < 4.78 is 17.2. The standard InChI is InChI=1S/C8H6BrFNO/c1-12-8-3-2-6(9)7(11-8)4-5-10/h2-4H,1H3. The first-order valence-corrected chi connectivity index (χ1v) is 3.97. The van der Waals surface area contributed by atoms with Gasteiger partial charge >= 0.3 is 0 Å². The highest BCUT2D eigenvalue weighted by Gasteiger charge is 1.99. The maximum atomic E-state index is 11.7. The molecule has 63 valence electrons. The Morgan fingerprint density at radius 3 is 3.00 bits per heavy atom. The van der Waals surface area contributed by atoms with E-state index < -0.39 is 0 Å². The third-order valence-corrected chi connectivity index (χ3v) is 1.92. The third kappa shape index (κ3) is 2.04. The molecule has 0 aliphatic carbocycles. The fourth-order valence-electron chi connectivity index (χ4n) is 0.706. The quantitative estimate of drug-likeness (QED) is 0.780. The number of hydrogen-bond donors (Lipinski definition) is 0. The average Bonchev–Trinajstić information content (AvgIpc) is 2.09. The summed E-state index contributed by atoms with van der Waals surface area (Å²) >= 11 is 3.20. The zero-order chi connectivity index (χ0) is 8.97. The highest BCUT2D eigenvalue weighted by atomic mass is 79.9. The second kappa shape index (κ2) is 4.21. The van der Waals surface area contributed by atoms with Gasteiger partial charge in [0.25, 0.3) is 0 Å². The molecule has 0 unspecified atom stereocenters. The van der Waals surface area contributed by atoms with Gasteiger partial charge in [-0.3, -0.25) is 0 Å². The van der Waals surface area contributed by atoms with E-state index >= 15 is 0 Å². The molecule has 0 spiro atoms. The minimum absolute atomic E-state index is 0.444. The molecule has 1 heterocycles. The monoisotopic (exact) mass is 230 g/mol. The maximum absolute atomic E-state index is 11.7. The van der Waals surface area contributed by atoms with Gasteiger partial charge < -0.3 is 4.74 Å². The normalized spacial score (nSPS) is 10.6. The van der Waals surface area contributed by atoms with Crippen molar-refractivity contribution in [2.24, 2.45) is 0 Å². The van der Waals surface area contributed by atoms with E-state index in [9.17, 15) is 4.39 Å². The van der Waals surface area contributed by atoms with Crippen LogP contribution in [0.2, 0.25) is 0 Å². The Morgan fingerprint density at radius 2 is 2.42 bits per heavy atom. The molecule has 0 saturated carbocycles. The number of methoxy groups -OCH3 is 1. The summed E-state index contributed by atoms with van der Waals surface area (Å²) in [5, 5.41) is 0. The molecule has 0 atom stereocenters. The molecule has 0 aromatic carbocycles. The molecule has 0 saturated heterocycles. The smallest absolute Gasteiger partial charge is 0.213 e. The molecule has 12 heavy (non-hydrogen) atoms. The van der Waals surface area contributed by atoms with Crippen LogP contribution < -0.4 is 4.74 Å². The van der Waals surface area contributed by atoms with Gasteiger partial charge in [-0.15, -0.1) is 0 Å². The van der Waals surface area contributed by atoms with Gasteiger partial charge in [0.1, 0.15) is 0 Å². The Balaban J connectivity index is 3.08. The molecule has 0 fully saturated rings. The molecule has 1 radical (unpaired) electrons. The van der Waals surface area contributed by atoms with Gasteiger partial charge in [0, 0.05) is 16.6 Å². The molecular weight excluding hydrogens is 225 g/mol. The Labute approximate surface area is 78.2 Å². The van der Waals surface area contributed by atoms with Crippen LogP contribution in [-0.2, 0) is 0 Å². The molecule has 0 bridgehead atoms. The van der Waals surface area contributed by atoms with Crippen LogP contribution in [0, 0.1) is 6.33 Å². The van der Waals surface area contributed by atoms with E-state index in [1.54, 1.807) is 12.1 Å². The van der Waals surface area contributed by atoms with Crippen LogP contribution in [0.1, 0.15) is 5.69 Å². The largest absolute Gasteiger partial charge is 0.481 e. The zero-order valence-electron chi connectivity index (χ0n) is 6.34. The third-order valence-electron chi connectivity index (χ3n) is 1.25. The van der Waals surface area contributed by atoms with E-state index in [4.69, 9.17) is 4.74 Å². The van der Waals surface area contributed by atoms with Gasteiger partial charge in [-0.25, -0.2) is 9.37 Å². The average molecular weight is 231 g/mol. The van der Waals surface area contributed by atoms with Gasteiger partial charge in [-0.2, -0.15) is 0 Å². The number of rotatable bonds is 2. The van der Waals surface area contributed by atoms with Gasteiger partial charge in [0.2, 0.25) is 5.88 Å². The fourth-order valence-corrected chi connectivity index (χ4v) is 1.04. The number of aromatic nitrogens is 1. The summed E-state index contributed by atoms with van der Waals surface area (Å²) in [6.45, 7) is 0. The SMILES string of the molecule is COc1ccc(Br)c(C=[C]F)n1. The molecule has 0 N–H and O–H groups in total. The van der Waals surface area contributed by atoms with Gasteiger partial charge in [0.15, 0.2) is 6.33 Å². The summed E-state index contributed by atoms with van der Waals surface area (Å²) in [5.41, 5.74) is 0.455. The Kier molecular flexibility index (Phi) is 3.22. The van der Waals surface area contributed by atoms with Crippen molar-refractivity contribution >= 4 is 22.0 Å². The molecule has 1 aromatic heterocycles. The zero-order valence-corrected chi connectivity index (χ0v) is 7.93. The summed E-state index contributed by atoms with van der Waals surface area (Å²) in [6.07, 6.45) is 2.53. The topological polar surface area (TPSA) is 22.1 Å². The van der Waals surface area contributed by atoms with E-state index in [1.807, 2.05) is 0 Å². The summed E-state index contributed by atoms with van der Waals surface area (Å²) in [7, 11) is 1.50. The molecule has 0 aliphatic rings. The summed E-state index contributed by atoms with van der Waals surface area (Å²) in [5.74, 6) is 0.444. The number of pyridine rings is 1. The van der Waals surface area contributed by atoms with Gasteiger partial charge in [-0.1, -0.05) is 0 Å². The summed E-state index contributed by atoms with van der Waals surface area (Å²) in [4.78, 5) is 3.95. The molecule has 4 heteroatoms. The molecule has 0 amide bonds. The highest BCUT2D eigenvalue weighted by Crippen LogP contribution is 2.19. The number of halogens is 2. The second-order valence-electron chi connectivity index (χ2n) is 1.97. The summed E-state index contributed by atoms with van der Waals surface area (Å²) in [6, 6.07) is 3.41. The lowest BCUT2D eigenvalue weighted by Crippen LogP contribution is -1.89. The molecule has 1 rings (SSSR count). The predicted octanol–water partition coefficient (Wildman–Crippen LogP) is 2.60. The Hall–Kier alpha value is -0.900. The minimum atomic E-state index is 0.444. The molecule has 2 nitrogen and oxygen atoms in total. The lowest BCUT2D eigenvalue weighted by molar-refractivity contribution is 0.397. The van der Waals surface area contributed by atoms with Crippen LogP contribution in [0.4, 0.5) is 4.39 Å². The highest BCUT2D eigenvalue weighted by molar-refractivity contribution is 9.10. The number of hydrogen-bond acceptors (Lipinski definition) is 2. The van der Waals surface area contributed by atoms with Gasteiger partial charge in [-0.05, 0) is 22.0 Å². The lowest BCUT2D eigenvalue weighted by Gasteiger charge is -2.00. The van der Waals surface area contributed by atoms with Crippen LogP contribution >= 0.6 is 15.9 Å². The first-order chi connectivity index (χ1) is 5.77. The first-order valence-electron chi connectivity index (χ1n) is 3.18.